The fourth-order valence-corrected chi connectivity index (χ4v) is 1.24. The van der Waals surface area contributed by atoms with Crippen LogP contribution in [-0.2, 0) is 0 Å². The van der Waals surface area contributed by atoms with E-state index < -0.39 is 0 Å². The maximum Gasteiger partial charge on any atom is -0.0146 e. The van der Waals surface area contributed by atoms with Crippen molar-refractivity contribution >= 4 is 0 Å². The molecule has 0 bridgehead atoms. The van der Waals surface area contributed by atoms with Crippen molar-refractivity contribution in [3.63, 3.8) is 0 Å². The number of hydrogen-bond donors (Lipinski definition) is 0. The zero-order chi connectivity index (χ0) is 8.10. The fraction of sp³-hybridized carbons (Fsp3) is 0.455. The van der Waals surface area contributed by atoms with Gasteiger partial charge in [0.15, 0.2) is 0 Å². The third-order valence-corrected chi connectivity index (χ3v) is 1.92. The van der Waals surface area contributed by atoms with Gasteiger partial charge in [-0.05, 0) is 30.0 Å². The SMILES string of the molecule is CCCC(C)c1[c]cc[c]c1. The number of rotatable bonds is 3. The standard InChI is InChI=1S/C11H14/c1-3-7-10(2)11-8-5-4-6-9-11/h4-5,9-10H,3,7H2,1-2H3. The van der Waals surface area contributed by atoms with Gasteiger partial charge < -0.3 is 0 Å². The van der Waals surface area contributed by atoms with Crippen molar-refractivity contribution in [2.75, 3.05) is 0 Å². The van der Waals surface area contributed by atoms with Crippen molar-refractivity contribution in [2.45, 2.75) is 32.6 Å². The average Bonchev–Trinajstić information content (AvgIpc) is 2.07. The van der Waals surface area contributed by atoms with Crippen LogP contribution in [0, 0.1) is 12.1 Å². The normalized spacial score (nSPS) is 12.9. The summed E-state index contributed by atoms with van der Waals surface area (Å²) in [6.07, 6.45) is 2.48. The molecule has 11 heavy (non-hydrogen) atoms. The average molecular weight is 146 g/mol. The van der Waals surface area contributed by atoms with E-state index in [1.54, 1.807) is 0 Å². The maximum absolute atomic E-state index is 3.22. The molecule has 0 aliphatic heterocycles. The molecule has 0 aliphatic carbocycles. The van der Waals surface area contributed by atoms with E-state index in [4.69, 9.17) is 0 Å². The van der Waals surface area contributed by atoms with Crippen molar-refractivity contribution in [3.05, 3.63) is 35.9 Å². The Kier molecular flexibility index (Phi) is 3.15. The van der Waals surface area contributed by atoms with E-state index in [2.05, 4.69) is 26.0 Å². The Morgan fingerprint density at radius 1 is 1.45 bits per heavy atom. The minimum Gasteiger partial charge on any atom is -0.0654 e. The van der Waals surface area contributed by atoms with Crippen LogP contribution in [0.15, 0.2) is 18.2 Å². The summed E-state index contributed by atoms with van der Waals surface area (Å²) >= 11 is 0. The molecule has 1 rings (SSSR count). The summed E-state index contributed by atoms with van der Waals surface area (Å²) < 4.78 is 0. The van der Waals surface area contributed by atoms with Crippen LogP contribution in [0.5, 0.6) is 0 Å². The molecule has 0 N–H and O–H groups in total. The molecule has 2 radical (unpaired) electrons. The highest BCUT2D eigenvalue weighted by molar-refractivity contribution is 5.15. The van der Waals surface area contributed by atoms with E-state index in [0.717, 1.165) is 0 Å². The summed E-state index contributed by atoms with van der Waals surface area (Å²) in [7, 11) is 0. The first kappa shape index (κ1) is 8.32. The molecule has 58 valence electrons. The van der Waals surface area contributed by atoms with E-state index >= 15 is 0 Å². The minimum atomic E-state index is 0.637. The van der Waals surface area contributed by atoms with Gasteiger partial charge in [0.05, 0.1) is 0 Å². The molecule has 0 aliphatic rings. The molecule has 1 unspecified atom stereocenters. The van der Waals surface area contributed by atoms with Crippen LogP contribution in [0.3, 0.4) is 0 Å². The molecule has 0 spiro atoms. The molecule has 1 atom stereocenters. The van der Waals surface area contributed by atoms with Crippen LogP contribution < -0.4 is 0 Å². The van der Waals surface area contributed by atoms with Crippen molar-refractivity contribution < 1.29 is 0 Å². The molecule has 0 fully saturated rings. The van der Waals surface area contributed by atoms with Crippen LogP contribution in [0.25, 0.3) is 0 Å². The van der Waals surface area contributed by atoms with Crippen molar-refractivity contribution in [2.24, 2.45) is 0 Å². The van der Waals surface area contributed by atoms with Gasteiger partial charge in [0.25, 0.3) is 0 Å². The van der Waals surface area contributed by atoms with Crippen LogP contribution in [0.4, 0.5) is 0 Å². The molecule has 0 aromatic heterocycles. The maximum atomic E-state index is 3.22. The summed E-state index contributed by atoms with van der Waals surface area (Å²) in [6, 6.07) is 12.1. The van der Waals surface area contributed by atoms with Gasteiger partial charge in [0.2, 0.25) is 0 Å². The van der Waals surface area contributed by atoms with Crippen molar-refractivity contribution in [1.82, 2.24) is 0 Å². The highest BCUT2D eigenvalue weighted by Crippen LogP contribution is 2.18. The molecule has 0 heterocycles. The summed E-state index contributed by atoms with van der Waals surface area (Å²) in [5.74, 6) is 0.637. The van der Waals surface area contributed by atoms with Crippen molar-refractivity contribution in [3.8, 4) is 0 Å². The molecule has 1 aromatic carbocycles. The van der Waals surface area contributed by atoms with Gasteiger partial charge in [-0.15, -0.1) is 0 Å². The van der Waals surface area contributed by atoms with Gasteiger partial charge in [-0.1, -0.05) is 38.5 Å². The third-order valence-electron chi connectivity index (χ3n) is 1.92. The monoisotopic (exact) mass is 146 g/mol. The molecule has 0 saturated heterocycles. The zero-order valence-corrected chi connectivity index (χ0v) is 7.22. The molecular formula is C11H14. The van der Waals surface area contributed by atoms with Crippen LogP contribution in [0.2, 0.25) is 0 Å². The zero-order valence-electron chi connectivity index (χ0n) is 7.22. The second-order valence-electron chi connectivity index (χ2n) is 2.93. The summed E-state index contributed by atoms with van der Waals surface area (Å²) in [5, 5.41) is 0. The van der Waals surface area contributed by atoms with E-state index in [9.17, 15) is 0 Å². The lowest BCUT2D eigenvalue weighted by Gasteiger charge is -2.08. The molecular weight excluding hydrogens is 132 g/mol. The predicted molar refractivity (Wildman–Crippen MR) is 47.4 cm³/mol. The Morgan fingerprint density at radius 3 is 2.82 bits per heavy atom. The van der Waals surface area contributed by atoms with Gasteiger partial charge in [-0.2, -0.15) is 0 Å². The van der Waals surface area contributed by atoms with E-state index in [-0.39, 0.29) is 0 Å². The Morgan fingerprint density at radius 2 is 2.27 bits per heavy atom. The van der Waals surface area contributed by atoms with E-state index in [1.807, 2.05) is 18.2 Å². The van der Waals surface area contributed by atoms with Crippen molar-refractivity contribution in [1.29, 1.82) is 0 Å². The second kappa shape index (κ2) is 4.17. The summed E-state index contributed by atoms with van der Waals surface area (Å²) in [5.41, 5.74) is 1.29. The Hall–Kier alpha value is -0.780. The smallest absolute Gasteiger partial charge is 0.0146 e. The topological polar surface area (TPSA) is 0 Å². The summed E-state index contributed by atoms with van der Waals surface area (Å²) in [4.78, 5) is 0. The lowest BCUT2D eigenvalue weighted by atomic mass is 9.97. The van der Waals surface area contributed by atoms with E-state index in [1.165, 1.54) is 18.4 Å². The first-order chi connectivity index (χ1) is 5.34. The van der Waals surface area contributed by atoms with Crippen LogP contribution >= 0.6 is 0 Å². The highest BCUT2D eigenvalue weighted by Gasteiger charge is 2.01. The van der Waals surface area contributed by atoms with Gasteiger partial charge in [0, 0.05) is 0 Å². The third kappa shape index (κ3) is 2.38. The molecule has 0 nitrogen and oxygen atoms in total. The van der Waals surface area contributed by atoms with Gasteiger partial charge in [-0.3, -0.25) is 0 Å². The lowest BCUT2D eigenvalue weighted by Crippen LogP contribution is -1.91. The van der Waals surface area contributed by atoms with Gasteiger partial charge in [-0.25, -0.2) is 0 Å². The molecule has 0 amide bonds. The second-order valence-corrected chi connectivity index (χ2v) is 2.93. The van der Waals surface area contributed by atoms with Crippen LogP contribution in [0.1, 0.15) is 38.2 Å². The minimum absolute atomic E-state index is 0.637. The molecule has 0 heteroatoms. The predicted octanol–water partition coefficient (Wildman–Crippen LogP) is 3.19. The molecule has 0 saturated carbocycles. The molecule has 1 aromatic rings. The largest absolute Gasteiger partial charge is 0.0654 e. The van der Waals surface area contributed by atoms with Gasteiger partial charge in [0.1, 0.15) is 0 Å². The quantitative estimate of drug-likeness (QED) is 0.614. The number of hydrogen-bond acceptors (Lipinski definition) is 0. The number of benzene rings is 1. The highest BCUT2D eigenvalue weighted by atomic mass is 14.1. The summed E-state index contributed by atoms with van der Waals surface area (Å²) in [6.45, 7) is 4.45. The fourth-order valence-electron chi connectivity index (χ4n) is 1.24. The van der Waals surface area contributed by atoms with E-state index in [0.29, 0.717) is 5.92 Å². The van der Waals surface area contributed by atoms with Crippen LogP contribution in [-0.4, -0.2) is 0 Å². The Balaban J connectivity index is 2.61. The first-order valence-electron chi connectivity index (χ1n) is 4.22. The Labute approximate surface area is 69.3 Å². The van der Waals surface area contributed by atoms with Gasteiger partial charge >= 0.3 is 0 Å². The first-order valence-corrected chi connectivity index (χ1v) is 4.22. The lowest BCUT2D eigenvalue weighted by molar-refractivity contribution is 0.664. The Bertz CT molecular complexity index is 188.